The van der Waals surface area contributed by atoms with Crippen LogP contribution in [0.4, 0.5) is 0 Å². The van der Waals surface area contributed by atoms with E-state index in [9.17, 15) is 4.79 Å². The van der Waals surface area contributed by atoms with Crippen molar-refractivity contribution in [3.8, 4) is 0 Å². The van der Waals surface area contributed by atoms with Gasteiger partial charge in [-0.05, 0) is 44.9 Å². The Morgan fingerprint density at radius 1 is 1.13 bits per heavy atom. The zero-order valence-corrected chi connectivity index (χ0v) is 10.3. The van der Waals surface area contributed by atoms with Gasteiger partial charge in [-0.1, -0.05) is 19.4 Å². The second kappa shape index (κ2) is 5.34. The highest BCUT2D eigenvalue weighted by Crippen LogP contribution is 2.28. The van der Waals surface area contributed by atoms with Crippen LogP contribution < -0.4 is 5.32 Å². The van der Waals surface area contributed by atoms with Gasteiger partial charge in [-0.3, -0.25) is 4.79 Å². The molecule has 86 valence electrons. The number of hydrogen-bond donors (Lipinski definition) is 1. The van der Waals surface area contributed by atoms with Crippen molar-refractivity contribution < 1.29 is 4.79 Å². The van der Waals surface area contributed by atoms with Crippen LogP contribution in [0.25, 0.3) is 0 Å². The molecule has 2 heteroatoms. The largest absolute Gasteiger partial charge is 0.350 e. The fourth-order valence-electron chi connectivity index (χ4n) is 2.57. The van der Waals surface area contributed by atoms with Crippen LogP contribution in [0.3, 0.4) is 0 Å². The summed E-state index contributed by atoms with van der Waals surface area (Å²) in [6.45, 7) is 8.45. The maximum absolute atomic E-state index is 11.5. The van der Waals surface area contributed by atoms with Gasteiger partial charge in [0.2, 0.25) is 5.91 Å². The minimum atomic E-state index is 0.0706. The van der Waals surface area contributed by atoms with E-state index in [0.29, 0.717) is 6.04 Å². The summed E-state index contributed by atoms with van der Waals surface area (Å²) in [5.74, 6) is 1.55. The van der Waals surface area contributed by atoms with Crippen LogP contribution in [-0.4, -0.2) is 11.9 Å². The number of nitrogens with one attached hydrogen (secondary N) is 1. The lowest BCUT2D eigenvalue weighted by Gasteiger charge is -2.31. The topological polar surface area (TPSA) is 29.1 Å². The van der Waals surface area contributed by atoms with Gasteiger partial charge in [-0.2, -0.15) is 0 Å². The third kappa shape index (κ3) is 4.50. The predicted molar refractivity (Wildman–Crippen MR) is 63.5 cm³/mol. The maximum Gasteiger partial charge on any atom is 0.244 e. The summed E-state index contributed by atoms with van der Waals surface area (Å²) in [6, 6.07) is 0.381. The number of amides is 1. The molecule has 2 nitrogen and oxygen atoms in total. The van der Waals surface area contributed by atoms with Crippen LogP contribution in [-0.2, 0) is 4.79 Å². The van der Waals surface area contributed by atoms with Crippen LogP contribution in [0.2, 0.25) is 0 Å². The molecule has 0 heterocycles. The Morgan fingerprint density at radius 3 is 2.13 bits per heavy atom. The van der Waals surface area contributed by atoms with Crippen LogP contribution in [0.1, 0.15) is 47.0 Å². The van der Waals surface area contributed by atoms with Crippen molar-refractivity contribution in [3.05, 3.63) is 11.6 Å². The molecule has 1 amide bonds. The number of hydrogen-bond acceptors (Lipinski definition) is 1. The van der Waals surface area contributed by atoms with E-state index in [0.717, 1.165) is 30.3 Å². The minimum absolute atomic E-state index is 0.0706. The first-order chi connectivity index (χ1) is 6.97. The molecular formula is C13H23NO. The van der Waals surface area contributed by atoms with Crippen molar-refractivity contribution in [2.24, 2.45) is 11.8 Å². The number of carbonyl (C=O) groups excluding carboxylic acids is 1. The quantitative estimate of drug-likeness (QED) is 0.696. The van der Waals surface area contributed by atoms with E-state index >= 15 is 0 Å². The van der Waals surface area contributed by atoms with Gasteiger partial charge in [0, 0.05) is 12.1 Å². The van der Waals surface area contributed by atoms with Gasteiger partial charge >= 0.3 is 0 Å². The molecule has 1 fully saturated rings. The van der Waals surface area contributed by atoms with E-state index in [2.05, 4.69) is 19.2 Å². The second-order valence-electron chi connectivity index (χ2n) is 5.34. The molecule has 0 radical (unpaired) electrons. The Morgan fingerprint density at radius 2 is 1.67 bits per heavy atom. The summed E-state index contributed by atoms with van der Waals surface area (Å²) in [7, 11) is 0. The fourth-order valence-corrected chi connectivity index (χ4v) is 2.57. The van der Waals surface area contributed by atoms with Crippen molar-refractivity contribution >= 4 is 5.91 Å². The van der Waals surface area contributed by atoms with E-state index in [4.69, 9.17) is 0 Å². The van der Waals surface area contributed by atoms with Crippen molar-refractivity contribution in [1.29, 1.82) is 0 Å². The molecule has 0 aromatic rings. The van der Waals surface area contributed by atoms with E-state index in [1.807, 2.05) is 13.8 Å². The molecular weight excluding hydrogens is 186 g/mol. The van der Waals surface area contributed by atoms with Gasteiger partial charge < -0.3 is 5.32 Å². The van der Waals surface area contributed by atoms with Gasteiger partial charge in [-0.25, -0.2) is 0 Å². The molecule has 1 aliphatic rings. The first kappa shape index (κ1) is 12.3. The molecule has 0 aliphatic heterocycles. The first-order valence-corrected chi connectivity index (χ1v) is 5.92. The summed E-state index contributed by atoms with van der Waals surface area (Å²) in [4.78, 5) is 11.5. The van der Waals surface area contributed by atoms with Crippen molar-refractivity contribution in [1.82, 2.24) is 5.32 Å². The monoisotopic (exact) mass is 209 g/mol. The molecule has 0 spiro atoms. The molecule has 1 saturated carbocycles. The lowest BCUT2D eigenvalue weighted by molar-refractivity contribution is -0.117. The molecule has 2 atom stereocenters. The van der Waals surface area contributed by atoms with Gasteiger partial charge in [0.05, 0.1) is 0 Å². The van der Waals surface area contributed by atoms with Crippen molar-refractivity contribution in [3.63, 3.8) is 0 Å². The summed E-state index contributed by atoms with van der Waals surface area (Å²) < 4.78 is 0. The molecule has 1 N–H and O–H groups in total. The van der Waals surface area contributed by atoms with E-state index in [1.54, 1.807) is 6.08 Å². The molecule has 15 heavy (non-hydrogen) atoms. The lowest BCUT2D eigenvalue weighted by Crippen LogP contribution is -2.39. The maximum atomic E-state index is 11.5. The van der Waals surface area contributed by atoms with E-state index in [1.165, 1.54) is 6.42 Å². The van der Waals surface area contributed by atoms with Crippen molar-refractivity contribution in [2.45, 2.75) is 53.0 Å². The van der Waals surface area contributed by atoms with Gasteiger partial charge in [0.15, 0.2) is 0 Å². The molecule has 0 saturated heterocycles. The standard InChI is InChI=1S/C13H23NO/c1-9(2)5-13(15)14-12-7-10(3)6-11(4)8-12/h5,10-12H,6-8H2,1-4H3,(H,14,15). The predicted octanol–water partition coefficient (Wildman–Crippen LogP) is 2.89. The van der Waals surface area contributed by atoms with Crippen LogP contribution >= 0.6 is 0 Å². The van der Waals surface area contributed by atoms with Crippen molar-refractivity contribution in [2.75, 3.05) is 0 Å². The van der Waals surface area contributed by atoms with Crippen LogP contribution in [0, 0.1) is 11.8 Å². The second-order valence-corrected chi connectivity index (χ2v) is 5.34. The number of carbonyl (C=O) groups is 1. The highest BCUT2D eigenvalue weighted by Gasteiger charge is 2.24. The van der Waals surface area contributed by atoms with Crippen LogP contribution in [0.15, 0.2) is 11.6 Å². The Kier molecular flexibility index (Phi) is 4.37. The zero-order chi connectivity index (χ0) is 11.4. The average Bonchev–Trinajstić information content (AvgIpc) is 1.98. The summed E-state index contributed by atoms with van der Waals surface area (Å²) in [5, 5.41) is 3.10. The smallest absolute Gasteiger partial charge is 0.244 e. The SMILES string of the molecule is CC(C)=CC(=O)NC1CC(C)CC(C)C1. The zero-order valence-electron chi connectivity index (χ0n) is 10.3. The van der Waals surface area contributed by atoms with E-state index in [-0.39, 0.29) is 5.91 Å². The summed E-state index contributed by atoms with van der Waals surface area (Å²) in [5.41, 5.74) is 1.06. The Hall–Kier alpha value is -0.790. The Labute approximate surface area is 93.1 Å². The molecule has 0 aromatic heterocycles. The fraction of sp³-hybridized carbons (Fsp3) is 0.769. The van der Waals surface area contributed by atoms with Gasteiger partial charge in [0.1, 0.15) is 0 Å². The average molecular weight is 209 g/mol. The Bertz CT molecular complexity index is 243. The normalized spacial score (nSPS) is 30.8. The Balaban J connectivity index is 2.44. The first-order valence-electron chi connectivity index (χ1n) is 5.92. The third-order valence-corrected chi connectivity index (χ3v) is 2.94. The highest BCUT2D eigenvalue weighted by molar-refractivity contribution is 5.88. The minimum Gasteiger partial charge on any atom is -0.350 e. The van der Waals surface area contributed by atoms with Gasteiger partial charge in [-0.15, -0.1) is 0 Å². The number of allylic oxidation sites excluding steroid dienone is 1. The molecule has 0 bridgehead atoms. The molecule has 0 aromatic carbocycles. The molecule has 2 unspecified atom stereocenters. The lowest BCUT2D eigenvalue weighted by atomic mass is 9.80. The number of rotatable bonds is 2. The van der Waals surface area contributed by atoms with E-state index < -0.39 is 0 Å². The van der Waals surface area contributed by atoms with Gasteiger partial charge in [0.25, 0.3) is 0 Å². The molecule has 1 aliphatic carbocycles. The molecule has 1 rings (SSSR count). The highest BCUT2D eigenvalue weighted by atomic mass is 16.1. The summed E-state index contributed by atoms with van der Waals surface area (Å²) in [6.07, 6.45) is 5.25. The van der Waals surface area contributed by atoms with Crippen LogP contribution in [0.5, 0.6) is 0 Å². The summed E-state index contributed by atoms with van der Waals surface area (Å²) >= 11 is 0. The third-order valence-electron chi connectivity index (χ3n) is 2.94.